The van der Waals surface area contributed by atoms with Crippen LogP contribution in [-0.4, -0.2) is 33.9 Å². The SMILES string of the molecule is O=C(c1cnco1)N1CCCC(Cc2cccnc2)C1. The molecule has 2 aromatic rings. The molecular weight excluding hydrogens is 254 g/mol. The lowest BCUT2D eigenvalue weighted by Gasteiger charge is -2.32. The smallest absolute Gasteiger partial charge is 0.291 e. The molecule has 0 saturated carbocycles. The van der Waals surface area contributed by atoms with E-state index >= 15 is 0 Å². The molecule has 1 aliphatic heterocycles. The van der Waals surface area contributed by atoms with Gasteiger partial charge in [-0.2, -0.15) is 0 Å². The van der Waals surface area contributed by atoms with E-state index in [9.17, 15) is 4.79 Å². The van der Waals surface area contributed by atoms with Crippen LogP contribution in [0.15, 0.2) is 41.5 Å². The van der Waals surface area contributed by atoms with Gasteiger partial charge in [-0.15, -0.1) is 0 Å². The summed E-state index contributed by atoms with van der Waals surface area (Å²) in [6, 6.07) is 4.04. The average Bonchev–Trinajstić information content (AvgIpc) is 3.02. The Bertz CT molecular complexity index is 554. The first-order valence-corrected chi connectivity index (χ1v) is 6.89. The van der Waals surface area contributed by atoms with Crippen LogP contribution in [0, 0.1) is 5.92 Å². The summed E-state index contributed by atoms with van der Waals surface area (Å²) in [5.41, 5.74) is 1.23. The fourth-order valence-corrected chi connectivity index (χ4v) is 2.75. The maximum atomic E-state index is 12.2. The van der Waals surface area contributed by atoms with Gasteiger partial charge in [-0.3, -0.25) is 9.78 Å². The van der Waals surface area contributed by atoms with E-state index in [1.807, 2.05) is 17.2 Å². The highest BCUT2D eigenvalue weighted by molar-refractivity contribution is 5.91. The zero-order chi connectivity index (χ0) is 13.8. The first-order valence-electron chi connectivity index (χ1n) is 6.89. The molecule has 1 amide bonds. The number of likely N-dealkylation sites (tertiary alicyclic amines) is 1. The van der Waals surface area contributed by atoms with Crippen molar-refractivity contribution >= 4 is 5.91 Å². The number of oxazole rings is 1. The number of piperidine rings is 1. The quantitative estimate of drug-likeness (QED) is 0.858. The zero-order valence-electron chi connectivity index (χ0n) is 11.2. The van der Waals surface area contributed by atoms with Gasteiger partial charge in [0.25, 0.3) is 5.91 Å². The van der Waals surface area contributed by atoms with Crippen molar-refractivity contribution in [1.82, 2.24) is 14.9 Å². The highest BCUT2D eigenvalue weighted by atomic mass is 16.3. The highest BCUT2D eigenvalue weighted by Crippen LogP contribution is 2.21. The van der Waals surface area contributed by atoms with Crippen molar-refractivity contribution in [2.45, 2.75) is 19.3 Å². The molecule has 0 bridgehead atoms. The minimum absolute atomic E-state index is 0.0570. The predicted molar refractivity (Wildman–Crippen MR) is 73.1 cm³/mol. The summed E-state index contributed by atoms with van der Waals surface area (Å²) in [5.74, 6) is 0.755. The summed E-state index contributed by atoms with van der Waals surface area (Å²) < 4.78 is 5.09. The van der Waals surface area contributed by atoms with Gasteiger partial charge in [0.1, 0.15) is 0 Å². The highest BCUT2D eigenvalue weighted by Gasteiger charge is 2.26. The van der Waals surface area contributed by atoms with Crippen LogP contribution in [0.5, 0.6) is 0 Å². The molecule has 0 aromatic carbocycles. The van der Waals surface area contributed by atoms with Crippen LogP contribution in [0.2, 0.25) is 0 Å². The molecular formula is C15H17N3O2. The predicted octanol–water partition coefficient (Wildman–Crippen LogP) is 2.16. The molecule has 5 heteroatoms. The van der Waals surface area contributed by atoms with Crippen molar-refractivity contribution in [2.24, 2.45) is 5.92 Å². The maximum Gasteiger partial charge on any atom is 0.291 e. The molecule has 1 unspecified atom stereocenters. The summed E-state index contributed by atoms with van der Waals surface area (Å²) in [6.07, 6.45) is 9.60. The van der Waals surface area contributed by atoms with Crippen molar-refractivity contribution in [3.63, 3.8) is 0 Å². The maximum absolute atomic E-state index is 12.2. The molecule has 20 heavy (non-hydrogen) atoms. The van der Waals surface area contributed by atoms with Gasteiger partial charge in [0.05, 0.1) is 6.20 Å². The molecule has 0 aliphatic carbocycles. The van der Waals surface area contributed by atoms with Gasteiger partial charge < -0.3 is 9.32 Å². The van der Waals surface area contributed by atoms with Gasteiger partial charge in [-0.1, -0.05) is 6.07 Å². The second kappa shape index (κ2) is 5.86. The number of nitrogens with zero attached hydrogens (tertiary/aromatic N) is 3. The summed E-state index contributed by atoms with van der Waals surface area (Å²) in [6.45, 7) is 1.57. The lowest BCUT2D eigenvalue weighted by Crippen LogP contribution is -2.40. The molecule has 0 radical (unpaired) electrons. The van der Waals surface area contributed by atoms with Gasteiger partial charge in [0, 0.05) is 25.5 Å². The fourth-order valence-electron chi connectivity index (χ4n) is 2.75. The third kappa shape index (κ3) is 2.87. The van der Waals surface area contributed by atoms with E-state index < -0.39 is 0 Å². The number of hydrogen-bond donors (Lipinski definition) is 0. The summed E-state index contributed by atoms with van der Waals surface area (Å²) in [7, 11) is 0. The van der Waals surface area contributed by atoms with Crippen molar-refractivity contribution in [3.05, 3.63) is 48.4 Å². The third-order valence-electron chi connectivity index (χ3n) is 3.70. The van der Waals surface area contributed by atoms with Crippen molar-refractivity contribution < 1.29 is 9.21 Å². The van der Waals surface area contributed by atoms with E-state index in [0.717, 1.165) is 32.4 Å². The fraction of sp³-hybridized carbons (Fsp3) is 0.400. The number of carbonyl (C=O) groups is 1. The number of hydrogen-bond acceptors (Lipinski definition) is 4. The van der Waals surface area contributed by atoms with Crippen LogP contribution in [0.3, 0.4) is 0 Å². The molecule has 1 atom stereocenters. The molecule has 0 spiro atoms. The number of aromatic nitrogens is 2. The third-order valence-corrected chi connectivity index (χ3v) is 3.70. The van der Waals surface area contributed by atoms with E-state index in [1.54, 1.807) is 6.20 Å². The Labute approximate surface area is 117 Å². The Morgan fingerprint density at radius 3 is 3.10 bits per heavy atom. The van der Waals surface area contributed by atoms with Gasteiger partial charge in [-0.05, 0) is 36.8 Å². The Morgan fingerprint density at radius 2 is 2.35 bits per heavy atom. The van der Waals surface area contributed by atoms with Crippen molar-refractivity contribution in [2.75, 3.05) is 13.1 Å². The Hall–Kier alpha value is -2.17. The average molecular weight is 271 g/mol. The Balaban J connectivity index is 1.63. The molecule has 0 N–H and O–H groups in total. The summed E-state index contributed by atoms with van der Waals surface area (Å²) >= 11 is 0. The largest absolute Gasteiger partial charge is 0.438 e. The second-order valence-corrected chi connectivity index (χ2v) is 5.19. The topological polar surface area (TPSA) is 59.2 Å². The van der Waals surface area contributed by atoms with Crippen LogP contribution in [0.4, 0.5) is 0 Å². The lowest BCUT2D eigenvalue weighted by molar-refractivity contribution is 0.0641. The first-order chi connectivity index (χ1) is 9.83. The minimum atomic E-state index is -0.0570. The van der Waals surface area contributed by atoms with Gasteiger partial charge in [-0.25, -0.2) is 4.98 Å². The molecule has 2 aromatic heterocycles. The van der Waals surface area contributed by atoms with E-state index in [4.69, 9.17) is 4.42 Å². The van der Waals surface area contributed by atoms with Gasteiger partial charge >= 0.3 is 0 Å². The van der Waals surface area contributed by atoms with E-state index in [-0.39, 0.29) is 5.91 Å². The van der Waals surface area contributed by atoms with Crippen LogP contribution in [-0.2, 0) is 6.42 Å². The van der Waals surface area contributed by atoms with Crippen LogP contribution in [0.25, 0.3) is 0 Å². The summed E-state index contributed by atoms with van der Waals surface area (Å²) in [5, 5.41) is 0. The normalized spacial score (nSPS) is 19.0. The number of amides is 1. The van der Waals surface area contributed by atoms with Crippen LogP contribution < -0.4 is 0 Å². The molecule has 1 saturated heterocycles. The van der Waals surface area contributed by atoms with E-state index in [1.165, 1.54) is 18.2 Å². The second-order valence-electron chi connectivity index (χ2n) is 5.19. The lowest BCUT2D eigenvalue weighted by atomic mass is 9.92. The molecule has 1 fully saturated rings. The van der Waals surface area contributed by atoms with E-state index in [0.29, 0.717) is 11.7 Å². The molecule has 3 heterocycles. The number of carbonyl (C=O) groups excluding carboxylic acids is 1. The Kier molecular flexibility index (Phi) is 3.76. The first kappa shape index (κ1) is 12.8. The zero-order valence-corrected chi connectivity index (χ0v) is 11.2. The van der Waals surface area contributed by atoms with Crippen molar-refractivity contribution in [3.8, 4) is 0 Å². The van der Waals surface area contributed by atoms with Gasteiger partial charge in [0.2, 0.25) is 5.76 Å². The van der Waals surface area contributed by atoms with Crippen molar-refractivity contribution in [1.29, 1.82) is 0 Å². The summed E-state index contributed by atoms with van der Waals surface area (Å²) in [4.78, 5) is 22.0. The number of rotatable bonds is 3. The Morgan fingerprint density at radius 1 is 1.40 bits per heavy atom. The number of pyridine rings is 1. The van der Waals surface area contributed by atoms with Crippen LogP contribution >= 0.6 is 0 Å². The standard InChI is InChI=1S/C15H17N3O2/c19-15(14-9-17-11-20-14)18-6-2-4-13(10-18)7-12-3-1-5-16-8-12/h1,3,5,8-9,11,13H,2,4,6-7,10H2. The minimum Gasteiger partial charge on any atom is -0.438 e. The van der Waals surface area contributed by atoms with Crippen LogP contribution in [0.1, 0.15) is 29.0 Å². The molecule has 1 aliphatic rings. The molecule has 104 valence electrons. The monoisotopic (exact) mass is 271 g/mol. The molecule has 3 rings (SSSR count). The van der Waals surface area contributed by atoms with E-state index in [2.05, 4.69) is 16.0 Å². The molecule has 5 nitrogen and oxygen atoms in total. The van der Waals surface area contributed by atoms with Gasteiger partial charge in [0.15, 0.2) is 6.39 Å².